The first-order valence-electron chi connectivity index (χ1n) is 10.3. The van der Waals surface area contributed by atoms with Crippen molar-refractivity contribution in [2.75, 3.05) is 0 Å². The summed E-state index contributed by atoms with van der Waals surface area (Å²) in [5, 5.41) is 4.76. The highest BCUT2D eigenvalue weighted by atomic mass is 32.2. The molecule has 3 rings (SSSR count). The number of hydrazine groups is 1. The summed E-state index contributed by atoms with van der Waals surface area (Å²) >= 11 is 0. The lowest BCUT2D eigenvalue weighted by Crippen LogP contribution is -2.54. The average molecular weight is 472 g/mol. The molecule has 1 atom stereocenters. The molecule has 0 unspecified atom stereocenters. The Morgan fingerprint density at radius 1 is 0.970 bits per heavy atom. The Bertz CT molecular complexity index is 1340. The molecule has 0 radical (unpaired) electrons. The second-order valence-corrected chi connectivity index (χ2v) is 9.33. The number of aryl methyl sites for hydroxylation is 1. The number of sulfonamides is 1. The van der Waals surface area contributed by atoms with Crippen molar-refractivity contribution in [2.45, 2.75) is 38.3 Å². The maximum absolute atomic E-state index is 12.8. The van der Waals surface area contributed by atoms with Gasteiger partial charge in [0.25, 0.3) is 17.4 Å². The number of hydrogen-bond donors (Lipinski definition) is 3. The van der Waals surface area contributed by atoms with Crippen LogP contribution in [0.2, 0.25) is 0 Å². The highest BCUT2D eigenvalue weighted by Gasteiger charge is 2.29. The molecular formula is C22H25N5O5S. The minimum Gasteiger partial charge on any atom is -0.271 e. The van der Waals surface area contributed by atoms with Crippen molar-refractivity contribution in [3.8, 4) is 0 Å². The molecule has 10 nitrogen and oxygen atoms in total. The molecule has 0 fully saturated rings. The molecule has 2 amide bonds. The van der Waals surface area contributed by atoms with Crippen molar-refractivity contribution in [1.82, 2.24) is 25.4 Å². The SMILES string of the molecule is CCn1nc(C(=O)NNC(=O)[C@@H](NS(=O)(=O)c2ccccc2)C(C)C)c2ccccc2c1=O. The lowest BCUT2D eigenvalue weighted by molar-refractivity contribution is -0.124. The number of benzene rings is 2. The maximum atomic E-state index is 12.8. The standard InChI is InChI=1S/C22H25N5O5S/c1-4-27-22(30)17-13-9-8-12-16(17)19(25-27)21(29)24-23-20(28)18(14(2)3)26-33(31,32)15-10-6-5-7-11-15/h5-14,18,26H,4H2,1-3H3,(H,23,28)(H,24,29)/t18-/m0/s1. The maximum Gasteiger partial charge on any atom is 0.290 e. The minimum absolute atomic E-state index is 0.0185. The lowest BCUT2D eigenvalue weighted by Gasteiger charge is -2.21. The van der Waals surface area contributed by atoms with Crippen molar-refractivity contribution in [3.63, 3.8) is 0 Å². The fourth-order valence-corrected chi connectivity index (χ4v) is 4.56. The smallest absolute Gasteiger partial charge is 0.271 e. The van der Waals surface area contributed by atoms with Gasteiger partial charge in [0, 0.05) is 11.9 Å². The van der Waals surface area contributed by atoms with Crippen LogP contribution in [0, 0.1) is 5.92 Å². The van der Waals surface area contributed by atoms with Gasteiger partial charge in [-0.25, -0.2) is 13.1 Å². The highest BCUT2D eigenvalue weighted by molar-refractivity contribution is 7.89. The van der Waals surface area contributed by atoms with E-state index in [0.29, 0.717) is 10.8 Å². The Balaban J connectivity index is 1.80. The molecule has 11 heteroatoms. The van der Waals surface area contributed by atoms with Crippen LogP contribution in [0.3, 0.4) is 0 Å². The van der Waals surface area contributed by atoms with Gasteiger partial charge in [0.1, 0.15) is 6.04 Å². The summed E-state index contributed by atoms with van der Waals surface area (Å²) < 4.78 is 28.8. The number of aromatic nitrogens is 2. The number of carbonyl (C=O) groups excluding carboxylic acids is 2. The predicted octanol–water partition coefficient (Wildman–Crippen LogP) is 1.18. The number of hydrogen-bond acceptors (Lipinski definition) is 6. The second-order valence-electron chi connectivity index (χ2n) is 7.61. The summed E-state index contributed by atoms with van der Waals surface area (Å²) in [6, 6.07) is 13.0. The van der Waals surface area contributed by atoms with Gasteiger partial charge in [-0.2, -0.15) is 9.82 Å². The van der Waals surface area contributed by atoms with Crippen molar-refractivity contribution in [2.24, 2.45) is 5.92 Å². The van der Waals surface area contributed by atoms with Crippen LogP contribution in [0.1, 0.15) is 31.3 Å². The first-order valence-corrected chi connectivity index (χ1v) is 11.8. The van der Waals surface area contributed by atoms with Gasteiger partial charge in [-0.3, -0.25) is 25.2 Å². The summed E-state index contributed by atoms with van der Waals surface area (Å²) in [6.07, 6.45) is 0. The summed E-state index contributed by atoms with van der Waals surface area (Å²) in [5.41, 5.74) is 4.16. The molecule has 0 saturated carbocycles. The number of nitrogens with one attached hydrogen (secondary N) is 3. The van der Waals surface area contributed by atoms with Crippen LogP contribution >= 0.6 is 0 Å². The third-order valence-electron chi connectivity index (χ3n) is 4.97. The van der Waals surface area contributed by atoms with E-state index in [1.807, 2.05) is 0 Å². The van der Waals surface area contributed by atoms with Gasteiger partial charge in [0.15, 0.2) is 5.69 Å². The van der Waals surface area contributed by atoms with E-state index in [9.17, 15) is 22.8 Å². The number of carbonyl (C=O) groups is 2. The Labute approximate surface area is 191 Å². The van der Waals surface area contributed by atoms with E-state index in [0.717, 1.165) is 4.68 Å². The number of rotatable bonds is 7. The molecule has 2 aromatic carbocycles. The highest BCUT2D eigenvalue weighted by Crippen LogP contribution is 2.14. The van der Waals surface area contributed by atoms with E-state index >= 15 is 0 Å². The van der Waals surface area contributed by atoms with Gasteiger partial charge in [0.2, 0.25) is 10.0 Å². The number of amides is 2. The van der Waals surface area contributed by atoms with Gasteiger partial charge in [-0.15, -0.1) is 0 Å². The minimum atomic E-state index is -3.96. The van der Waals surface area contributed by atoms with Crippen LogP contribution in [0.25, 0.3) is 10.8 Å². The third-order valence-corrected chi connectivity index (χ3v) is 6.42. The molecule has 0 aliphatic rings. The molecule has 0 saturated heterocycles. The first-order chi connectivity index (χ1) is 15.7. The molecule has 3 aromatic rings. The Kier molecular flexibility index (Phi) is 7.24. The third kappa shape index (κ3) is 5.26. The molecule has 33 heavy (non-hydrogen) atoms. The van der Waals surface area contributed by atoms with E-state index in [1.165, 1.54) is 12.1 Å². The lowest BCUT2D eigenvalue weighted by atomic mass is 10.1. The van der Waals surface area contributed by atoms with E-state index < -0.39 is 33.8 Å². The molecule has 0 aliphatic carbocycles. The van der Waals surface area contributed by atoms with E-state index in [2.05, 4.69) is 20.7 Å². The Morgan fingerprint density at radius 3 is 2.18 bits per heavy atom. The van der Waals surface area contributed by atoms with Crippen LogP contribution in [-0.4, -0.2) is 36.1 Å². The van der Waals surface area contributed by atoms with Crippen molar-refractivity contribution in [3.05, 3.63) is 70.6 Å². The Morgan fingerprint density at radius 2 is 1.58 bits per heavy atom. The van der Waals surface area contributed by atoms with Crippen LogP contribution in [0.15, 0.2) is 64.3 Å². The predicted molar refractivity (Wildman–Crippen MR) is 123 cm³/mol. The number of fused-ring (bicyclic) bond motifs is 1. The van der Waals surface area contributed by atoms with Crippen molar-refractivity contribution < 1.29 is 18.0 Å². The molecule has 0 spiro atoms. The fourth-order valence-electron chi connectivity index (χ4n) is 3.20. The molecule has 0 bridgehead atoms. The molecule has 174 valence electrons. The van der Waals surface area contributed by atoms with Crippen LogP contribution < -0.4 is 21.1 Å². The first kappa shape index (κ1) is 24.1. The zero-order chi connectivity index (χ0) is 24.2. The fraction of sp³-hybridized carbons (Fsp3) is 0.273. The summed E-state index contributed by atoms with van der Waals surface area (Å²) in [6.45, 7) is 5.32. The second kappa shape index (κ2) is 9.92. The van der Waals surface area contributed by atoms with Gasteiger partial charge in [-0.05, 0) is 31.0 Å². The van der Waals surface area contributed by atoms with Crippen molar-refractivity contribution >= 4 is 32.6 Å². The van der Waals surface area contributed by atoms with Crippen LogP contribution in [0.4, 0.5) is 0 Å². The quantitative estimate of drug-likeness (QED) is 0.442. The molecule has 3 N–H and O–H groups in total. The zero-order valence-electron chi connectivity index (χ0n) is 18.4. The van der Waals surface area contributed by atoms with Gasteiger partial charge >= 0.3 is 0 Å². The van der Waals surface area contributed by atoms with Crippen LogP contribution in [0.5, 0.6) is 0 Å². The molecular weight excluding hydrogens is 446 g/mol. The van der Waals surface area contributed by atoms with Crippen LogP contribution in [-0.2, 0) is 21.4 Å². The number of nitrogens with zero attached hydrogens (tertiary/aromatic N) is 2. The summed E-state index contributed by atoms with van der Waals surface area (Å²) in [4.78, 5) is 38.0. The molecule has 1 heterocycles. The van der Waals surface area contributed by atoms with E-state index in [1.54, 1.807) is 63.2 Å². The molecule has 1 aromatic heterocycles. The largest absolute Gasteiger partial charge is 0.290 e. The summed E-state index contributed by atoms with van der Waals surface area (Å²) in [7, 11) is -3.96. The topological polar surface area (TPSA) is 139 Å². The monoisotopic (exact) mass is 471 g/mol. The van der Waals surface area contributed by atoms with Crippen molar-refractivity contribution in [1.29, 1.82) is 0 Å². The Hall–Kier alpha value is -3.57. The zero-order valence-corrected chi connectivity index (χ0v) is 19.2. The van der Waals surface area contributed by atoms with E-state index in [4.69, 9.17) is 0 Å². The average Bonchev–Trinajstić information content (AvgIpc) is 2.81. The van der Waals surface area contributed by atoms with Gasteiger partial charge in [0.05, 0.1) is 10.3 Å². The van der Waals surface area contributed by atoms with Gasteiger partial charge in [-0.1, -0.05) is 50.2 Å². The van der Waals surface area contributed by atoms with Gasteiger partial charge < -0.3 is 0 Å². The molecule has 0 aliphatic heterocycles. The van der Waals surface area contributed by atoms with E-state index in [-0.39, 0.29) is 22.7 Å². The normalized spacial score (nSPS) is 12.5. The summed E-state index contributed by atoms with van der Waals surface area (Å²) in [5.74, 6) is -1.90.